The van der Waals surface area contributed by atoms with Crippen LogP contribution in [-0.2, 0) is 14.8 Å². The first-order valence-electron chi connectivity index (χ1n) is 8.81. The van der Waals surface area contributed by atoms with Crippen LogP contribution >= 0.6 is 11.3 Å². The molecule has 158 valence electrons. The highest BCUT2D eigenvalue weighted by Crippen LogP contribution is 2.32. The van der Waals surface area contributed by atoms with Crippen LogP contribution in [0.3, 0.4) is 0 Å². The number of nitrogens with zero attached hydrogens (tertiary/aromatic N) is 2. The summed E-state index contributed by atoms with van der Waals surface area (Å²) < 4.78 is 59.4. The number of aromatic nitrogens is 1. The van der Waals surface area contributed by atoms with Gasteiger partial charge < -0.3 is 4.74 Å². The summed E-state index contributed by atoms with van der Waals surface area (Å²) in [6.07, 6.45) is 0. The number of esters is 1. The molecule has 0 aliphatic carbocycles. The minimum absolute atomic E-state index is 0.0544. The summed E-state index contributed by atoms with van der Waals surface area (Å²) in [5.74, 6) is -2.05. The van der Waals surface area contributed by atoms with Crippen molar-refractivity contribution in [1.29, 1.82) is 0 Å². The molecule has 0 saturated carbocycles. The van der Waals surface area contributed by atoms with Crippen LogP contribution in [0.5, 0.6) is 0 Å². The van der Waals surface area contributed by atoms with E-state index < -0.39 is 27.6 Å². The van der Waals surface area contributed by atoms with Gasteiger partial charge in [0.15, 0.2) is 5.82 Å². The molecule has 0 fully saturated rings. The van der Waals surface area contributed by atoms with Gasteiger partial charge in [-0.05, 0) is 43.7 Å². The maximum Gasteiger partial charge on any atom is 0.338 e. The monoisotopic (exact) mass is 452 g/mol. The van der Waals surface area contributed by atoms with Gasteiger partial charge in [-0.3, -0.25) is 0 Å². The Morgan fingerprint density at radius 1 is 1.20 bits per heavy atom. The fourth-order valence-electron chi connectivity index (χ4n) is 2.84. The van der Waals surface area contributed by atoms with Gasteiger partial charge in [-0.2, -0.15) is 0 Å². The van der Waals surface area contributed by atoms with Crippen molar-refractivity contribution in [2.24, 2.45) is 0 Å². The molecule has 0 amide bonds. The number of anilines is 1. The Hall–Kier alpha value is -2.85. The van der Waals surface area contributed by atoms with E-state index in [0.717, 1.165) is 27.8 Å². The summed E-state index contributed by atoms with van der Waals surface area (Å²) in [6, 6.07) is 7.27. The molecule has 3 aromatic rings. The molecule has 0 saturated heterocycles. The lowest BCUT2D eigenvalue weighted by Crippen LogP contribution is -2.31. The smallest absolute Gasteiger partial charge is 0.338 e. The van der Waals surface area contributed by atoms with E-state index in [4.69, 9.17) is 4.74 Å². The Bertz CT molecular complexity index is 1210. The normalized spacial score (nSPS) is 11.4. The number of halogens is 2. The van der Waals surface area contributed by atoms with Crippen LogP contribution in [-0.4, -0.2) is 33.0 Å². The number of benzene rings is 2. The number of ether oxygens (including phenoxy) is 1. The van der Waals surface area contributed by atoms with Gasteiger partial charge in [0.05, 0.1) is 17.6 Å². The third-order valence-electron chi connectivity index (χ3n) is 4.40. The van der Waals surface area contributed by atoms with E-state index in [-0.39, 0.29) is 33.4 Å². The van der Waals surface area contributed by atoms with E-state index in [2.05, 4.69) is 4.98 Å². The number of sulfonamides is 1. The number of carbonyl (C=O) groups is 1. The van der Waals surface area contributed by atoms with Gasteiger partial charge in [0.1, 0.15) is 16.6 Å². The standard InChI is InChI=1S/C20H18F2N2O4S2/c1-4-24(18-11-29-19(23-18)15-8-6-13(21)9-17(15)22)30(26,27)14-7-5-12(2)16(10-14)20(25)28-3/h5-11H,4H2,1-3H3. The van der Waals surface area contributed by atoms with E-state index in [0.29, 0.717) is 5.56 Å². The maximum atomic E-state index is 14.1. The first-order chi connectivity index (χ1) is 14.2. The number of hydrogen-bond donors (Lipinski definition) is 0. The number of rotatable bonds is 6. The molecule has 0 unspecified atom stereocenters. The number of aryl methyl sites for hydroxylation is 1. The average Bonchev–Trinajstić information content (AvgIpc) is 3.17. The minimum Gasteiger partial charge on any atom is -0.465 e. The summed E-state index contributed by atoms with van der Waals surface area (Å²) in [4.78, 5) is 16.1. The lowest BCUT2D eigenvalue weighted by molar-refractivity contribution is 0.0599. The molecule has 10 heteroatoms. The van der Waals surface area contributed by atoms with Crippen LogP contribution in [0.2, 0.25) is 0 Å². The quantitative estimate of drug-likeness (QED) is 0.518. The molecule has 3 rings (SSSR count). The molecule has 0 bridgehead atoms. The van der Waals surface area contributed by atoms with Crippen molar-refractivity contribution in [3.8, 4) is 10.6 Å². The zero-order chi connectivity index (χ0) is 22.1. The van der Waals surface area contributed by atoms with Gasteiger partial charge in [-0.1, -0.05) is 6.07 Å². The summed E-state index contributed by atoms with van der Waals surface area (Å²) >= 11 is 1.04. The van der Waals surface area contributed by atoms with Crippen molar-refractivity contribution in [3.05, 3.63) is 64.5 Å². The zero-order valence-corrected chi connectivity index (χ0v) is 18.0. The Kier molecular flexibility index (Phi) is 6.18. The van der Waals surface area contributed by atoms with Crippen LogP contribution in [0.15, 0.2) is 46.7 Å². The molecule has 1 heterocycles. The third-order valence-corrected chi connectivity index (χ3v) is 7.14. The van der Waals surface area contributed by atoms with Crippen molar-refractivity contribution in [1.82, 2.24) is 4.98 Å². The largest absolute Gasteiger partial charge is 0.465 e. The number of carbonyl (C=O) groups excluding carboxylic acids is 1. The number of thiazole rings is 1. The second kappa shape index (κ2) is 8.49. The van der Waals surface area contributed by atoms with E-state index in [1.54, 1.807) is 13.8 Å². The second-order valence-corrected chi connectivity index (χ2v) is 8.99. The van der Waals surface area contributed by atoms with Gasteiger partial charge in [0.25, 0.3) is 10.0 Å². The van der Waals surface area contributed by atoms with Crippen LogP contribution < -0.4 is 4.31 Å². The zero-order valence-electron chi connectivity index (χ0n) is 16.3. The maximum absolute atomic E-state index is 14.1. The molecule has 0 radical (unpaired) electrons. The topological polar surface area (TPSA) is 76.6 Å². The first-order valence-corrected chi connectivity index (χ1v) is 11.1. The van der Waals surface area contributed by atoms with E-state index in [9.17, 15) is 22.0 Å². The molecule has 1 aromatic heterocycles. The third kappa shape index (κ3) is 4.05. The molecule has 0 spiro atoms. The van der Waals surface area contributed by atoms with Crippen molar-refractivity contribution < 1.29 is 26.7 Å². The van der Waals surface area contributed by atoms with Crippen molar-refractivity contribution in [3.63, 3.8) is 0 Å². The van der Waals surface area contributed by atoms with E-state index >= 15 is 0 Å². The molecule has 2 aromatic carbocycles. The van der Waals surface area contributed by atoms with Gasteiger partial charge in [-0.15, -0.1) is 11.3 Å². The summed E-state index contributed by atoms with van der Waals surface area (Å²) in [7, 11) is -2.84. The second-order valence-electron chi connectivity index (χ2n) is 6.27. The van der Waals surface area contributed by atoms with Crippen molar-refractivity contribution >= 4 is 33.1 Å². The predicted molar refractivity (Wildman–Crippen MR) is 110 cm³/mol. The summed E-state index contributed by atoms with van der Waals surface area (Å²) in [5, 5.41) is 1.70. The Morgan fingerprint density at radius 3 is 2.57 bits per heavy atom. The van der Waals surface area contributed by atoms with E-state index in [1.165, 1.54) is 36.8 Å². The predicted octanol–water partition coefficient (Wildman–Crippen LogP) is 4.40. The highest BCUT2D eigenvalue weighted by molar-refractivity contribution is 7.92. The van der Waals surface area contributed by atoms with Crippen molar-refractivity contribution in [2.45, 2.75) is 18.7 Å². The minimum atomic E-state index is -4.05. The number of hydrogen-bond acceptors (Lipinski definition) is 6. The first kappa shape index (κ1) is 21.8. The van der Waals surface area contributed by atoms with Gasteiger partial charge in [-0.25, -0.2) is 31.3 Å². The summed E-state index contributed by atoms with van der Waals surface area (Å²) in [5.41, 5.74) is 0.790. The Morgan fingerprint density at radius 2 is 1.93 bits per heavy atom. The molecular formula is C20H18F2N2O4S2. The fraction of sp³-hybridized carbons (Fsp3) is 0.200. The van der Waals surface area contributed by atoms with Crippen LogP contribution in [0.4, 0.5) is 14.6 Å². The fourth-order valence-corrected chi connectivity index (χ4v) is 5.18. The highest BCUT2D eigenvalue weighted by atomic mass is 32.2. The molecule has 0 aliphatic rings. The van der Waals surface area contributed by atoms with Crippen LogP contribution in [0.25, 0.3) is 10.6 Å². The Labute approximate surface area is 176 Å². The Balaban J connectivity index is 2.02. The van der Waals surface area contributed by atoms with Gasteiger partial charge in [0, 0.05) is 23.6 Å². The van der Waals surface area contributed by atoms with E-state index in [1.807, 2.05) is 0 Å². The molecule has 0 aliphatic heterocycles. The molecule has 6 nitrogen and oxygen atoms in total. The highest BCUT2D eigenvalue weighted by Gasteiger charge is 2.27. The molecular weight excluding hydrogens is 434 g/mol. The lowest BCUT2D eigenvalue weighted by atomic mass is 10.1. The van der Waals surface area contributed by atoms with Crippen LogP contribution in [0.1, 0.15) is 22.8 Å². The molecule has 0 atom stereocenters. The van der Waals surface area contributed by atoms with Crippen molar-refractivity contribution in [2.75, 3.05) is 18.0 Å². The molecule has 30 heavy (non-hydrogen) atoms. The number of methoxy groups -OCH3 is 1. The summed E-state index contributed by atoms with van der Waals surface area (Å²) in [6.45, 7) is 3.35. The average molecular weight is 453 g/mol. The lowest BCUT2D eigenvalue weighted by Gasteiger charge is -2.21. The van der Waals surface area contributed by atoms with Gasteiger partial charge >= 0.3 is 5.97 Å². The SMILES string of the molecule is CCN(c1csc(-c2ccc(F)cc2F)n1)S(=O)(=O)c1ccc(C)c(C(=O)OC)c1. The van der Waals surface area contributed by atoms with Gasteiger partial charge in [0.2, 0.25) is 0 Å². The molecule has 0 N–H and O–H groups in total. The van der Waals surface area contributed by atoms with Crippen LogP contribution in [0, 0.1) is 18.6 Å².